The summed E-state index contributed by atoms with van der Waals surface area (Å²) in [5.74, 6) is 6.81. The van der Waals surface area contributed by atoms with Gasteiger partial charge >= 0.3 is 6.03 Å². The topological polar surface area (TPSA) is 73.4 Å². The van der Waals surface area contributed by atoms with Crippen LogP contribution in [0.2, 0.25) is 0 Å². The molecule has 0 aromatic rings. The molecular weight excluding hydrogens is 236 g/mol. The lowest BCUT2D eigenvalue weighted by Crippen LogP contribution is -2.51. The fourth-order valence-corrected chi connectivity index (χ4v) is 2.18. The second-order valence-corrected chi connectivity index (χ2v) is 4.40. The number of halogens is 1. The molecule has 7 heteroatoms. The standard InChI is InChI=1S/C8H14N4OS.ClH/c1-6(2)12(10)8(13)11-5-14-4-7(11)3-9;/h6-7H,4-5,10H2,1-2H3;1H. The Kier molecular flexibility index (Phi) is 5.80. The van der Waals surface area contributed by atoms with Crippen molar-refractivity contribution >= 4 is 30.2 Å². The van der Waals surface area contributed by atoms with Gasteiger partial charge in [-0.25, -0.2) is 10.6 Å². The number of hydrazine groups is 1. The van der Waals surface area contributed by atoms with Gasteiger partial charge in [0.2, 0.25) is 0 Å². The van der Waals surface area contributed by atoms with Crippen molar-refractivity contribution in [2.75, 3.05) is 11.6 Å². The van der Waals surface area contributed by atoms with E-state index in [1.165, 1.54) is 4.90 Å². The second-order valence-electron chi connectivity index (χ2n) is 3.40. The number of nitrogens with zero attached hydrogens (tertiary/aromatic N) is 3. The van der Waals surface area contributed by atoms with Crippen molar-refractivity contribution in [1.29, 1.82) is 5.26 Å². The van der Waals surface area contributed by atoms with E-state index in [2.05, 4.69) is 6.07 Å². The van der Waals surface area contributed by atoms with Gasteiger partial charge in [0, 0.05) is 11.8 Å². The first-order valence-electron chi connectivity index (χ1n) is 4.39. The van der Waals surface area contributed by atoms with E-state index in [-0.39, 0.29) is 30.5 Å². The van der Waals surface area contributed by atoms with Crippen LogP contribution in [-0.2, 0) is 0 Å². The highest BCUT2D eigenvalue weighted by molar-refractivity contribution is 7.99. The van der Waals surface area contributed by atoms with Crippen molar-refractivity contribution in [3.05, 3.63) is 0 Å². The van der Waals surface area contributed by atoms with Crippen molar-refractivity contribution in [3.8, 4) is 6.07 Å². The van der Waals surface area contributed by atoms with E-state index in [1.807, 2.05) is 13.8 Å². The second kappa shape index (κ2) is 6.05. The van der Waals surface area contributed by atoms with Crippen molar-refractivity contribution in [2.45, 2.75) is 25.9 Å². The van der Waals surface area contributed by atoms with Crippen LogP contribution in [0.1, 0.15) is 13.8 Å². The third-order valence-corrected chi connectivity index (χ3v) is 3.07. The van der Waals surface area contributed by atoms with Gasteiger partial charge in [-0.1, -0.05) is 0 Å². The summed E-state index contributed by atoms with van der Waals surface area (Å²) in [5, 5.41) is 9.95. The van der Waals surface area contributed by atoms with Gasteiger partial charge < -0.3 is 0 Å². The van der Waals surface area contributed by atoms with Crippen LogP contribution >= 0.6 is 24.2 Å². The first kappa shape index (κ1) is 14.4. The molecule has 1 aliphatic rings. The zero-order valence-corrected chi connectivity index (χ0v) is 10.3. The van der Waals surface area contributed by atoms with E-state index in [9.17, 15) is 4.79 Å². The SMILES string of the molecule is CC(C)N(N)C(=O)N1CSCC1C#N.Cl. The van der Waals surface area contributed by atoms with Crippen LogP contribution in [0.25, 0.3) is 0 Å². The van der Waals surface area contributed by atoms with E-state index < -0.39 is 0 Å². The van der Waals surface area contributed by atoms with Gasteiger partial charge in [-0.05, 0) is 13.8 Å². The van der Waals surface area contributed by atoms with Gasteiger partial charge in [0.15, 0.2) is 0 Å². The third kappa shape index (κ3) is 3.16. The molecule has 0 aromatic carbocycles. The Morgan fingerprint density at radius 2 is 2.33 bits per heavy atom. The monoisotopic (exact) mass is 250 g/mol. The number of carbonyl (C=O) groups is 1. The van der Waals surface area contributed by atoms with Gasteiger partial charge in [-0.3, -0.25) is 9.91 Å². The minimum Gasteiger partial charge on any atom is -0.297 e. The summed E-state index contributed by atoms with van der Waals surface area (Å²) >= 11 is 1.57. The lowest BCUT2D eigenvalue weighted by Gasteiger charge is -2.27. The summed E-state index contributed by atoms with van der Waals surface area (Å²) in [7, 11) is 0. The van der Waals surface area contributed by atoms with Crippen LogP contribution in [0.5, 0.6) is 0 Å². The first-order chi connectivity index (χ1) is 6.57. The number of amides is 2. The van der Waals surface area contributed by atoms with Crippen LogP contribution < -0.4 is 5.84 Å². The van der Waals surface area contributed by atoms with Crippen LogP contribution in [0.4, 0.5) is 4.79 Å². The number of rotatable bonds is 1. The summed E-state index contributed by atoms with van der Waals surface area (Å²) in [6, 6.07) is 1.44. The number of thioether (sulfide) groups is 1. The molecule has 1 rings (SSSR count). The molecule has 0 spiro atoms. The largest absolute Gasteiger partial charge is 0.336 e. The molecule has 0 aromatic heterocycles. The highest BCUT2D eigenvalue weighted by Gasteiger charge is 2.31. The molecule has 0 radical (unpaired) electrons. The van der Waals surface area contributed by atoms with Crippen molar-refractivity contribution in [1.82, 2.24) is 9.91 Å². The lowest BCUT2D eigenvalue weighted by atomic mass is 10.3. The molecule has 2 amide bonds. The van der Waals surface area contributed by atoms with Gasteiger partial charge in [0.25, 0.3) is 0 Å². The minimum atomic E-state index is -0.336. The molecule has 1 unspecified atom stereocenters. The average Bonchev–Trinajstić information content (AvgIpc) is 2.62. The summed E-state index contributed by atoms with van der Waals surface area (Å²) < 4.78 is 0. The van der Waals surface area contributed by atoms with E-state index >= 15 is 0 Å². The molecule has 0 aliphatic carbocycles. The van der Waals surface area contributed by atoms with Crippen LogP contribution in [0.15, 0.2) is 0 Å². The average molecular weight is 251 g/mol. The van der Waals surface area contributed by atoms with E-state index in [1.54, 1.807) is 11.8 Å². The van der Waals surface area contributed by atoms with Crippen LogP contribution in [0, 0.1) is 11.3 Å². The van der Waals surface area contributed by atoms with Crippen molar-refractivity contribution in [3.63, 3.8) is 0 Å². The summed E-state index contributed by atoms with van der Waals surface area (Å²) in [6.07, 6.45) is 0. The smallest absolute Gasteiger partial charge is 0.297 e. The number of carbonyl (C=O) groups excluding carboxylic acids is 1. The number of hydrogen-bond acceptors (Lipinski definition) is 4. The number of nitrogens with two attached hydrogens (primary N) is 1. The van der Waals surface area contributed by atoms with Gasteiger partial charge in [-0.2, -0.15) is 5.26 Å². The number of urea groups is 1. The molecule has 0 saturated carbocycles. The Labute approximate surface area is 99.9 Å². The van der Waals surface area contributed by atoms with E-state index in [0.29, 0.717) is 11.6 Å². The van der Waals surface area contributed by atoms with Crippen LogP contribution in [-0.4, -0.2) is 39.7 Å². The fraction of sp³-hybridized carbons (Fsp3) is 0.750. The van der Waals surface area contributed by atoms with Gasteiger partial charge in [-0.15, -0.1) is 24.2 Å². The van der Waals surface area contributed by atoms with Crippen molar-refractivity contribution in [2.24, 2.45) is 5.84 Å². The predicted molar refractivity (Wildman–Crippen MR) is 62.4 cm³/mol. The third-order valence-electron chi connectivity index (χ3n) is 2.05. The fourth-order valence-electron chi connectivity index (χ4n) is 1.11. The lowest BCUT2D eigenvalue weighted by molar-refractivity contribution is 0.145. The zero-order valence-electron chi connectivity index (χ0n) is 8.71. The quantitative estimate of drug-likeness (QED) is 0.428. The van der Waals surface area contributed by atoms with E-state index in [0.717, 1.165) is 5.01 Å². The Balaban J connectivity index is 0.00000196. The summed E-state index contributed by atoms with van der Waals surface area (Å²) in [5.41, 5.74) is 0. The Morgan fingerprint density at radius 1 is 1.73 bits per heavy atom. The molecule has 1 heterocycles. The molecule has 1 atom stereocenters. The molecule has 5 nitrogen and oxygen atoms in total. The molecule has 1 aliphatic heterocycles. The number of hydrogen-bond donors (Lipinski definition) is 1. The predicted octanol–water partition coefficient (Wildman–Crippen LogP) is 1.01. The molecule has 1 fully saturated rings. The molecule has 15 heavy (non-hydrogen) atoms. The maximum atomic E-state index is 11.7. The van der Waals surface area contributed by atoms with Gasteiger partial charge in [0.1, 0.15) is 6.04 Å². The minimum absolute atomic E-state index is 0. The highest BCUT2D eigenvalue weighted by atomic mass is 35.5. The molecule has 86 valence electrons. The Morgan fingerprint density at radius 3 is 2.80 bits per heavy atom. The molecule has 1 saturated heterocycles. The molecule has 2 N–H and O–H groups in total. The normalized spacial score (nSPS) is 19.7. The molecular formula is C8H15ClN4OS. The Hall–Kier alpha value is -0.640. The number of nitriles is 1. The van der Waals surface area contributed by atoms with E-state index in [4.69, 9.17) is 11.1 Å². The highest BCUT2D eigenvalue weighted by Crippen LogP contribution is 2.21. The van der Waals surface area contributed by atoms with Gasteiger partial charge in [0.05, 0.1) is 11.9 Å². The summed E-state index contributed by atoms with van der Waals surface area (Å²) in [4.78, 5) is 13.2. The summed E-state index contributed by atoms with van der Waals surface area (Å²) in [6.45, 7) is 3.67. The zero-order chi connectivity index (χ0) is 10.7. The Bertz CT molecular complexity index is 268. The molecule has 0 bridgehead atoms. The maximum absolute atomic E-state index is 11.7. The van der Waals surface area contributed by atoms with Crippen LogP contribution in [0.3, 0.4) is 0 Å². The van der Waals surface area contributed by atoms with Crippen molar-refractivity contribution < 1.29 is 4.79 Å². The first-order valence-corrected chi connectivity index (χ1v) is 5.55. The maximum Gasteiger partial charge on any atom is 0.336 e.